The first-order valence-electron chi connectivity index (χ1n) is 4.17. The van der Waals surface area contributed by atoms with Crippen LogP contribution in [0.3, 0.4) is 0 Å². The van der Waals surface area contributed by atoms with E-state index in [1.807, 2.05) is 12.1 Å². The number of rotatable bonds is 1. The van der Waals surface area contributed by atoms with Crippen molar-refractivity contribution < 1.29 is 0 Å². The molecule has 0 radical (unpaired) electrons. The van der Waals surface area contributed by atoms with Crippen LogP contribution in [0, 0.1) is 11.8 Å². The molecule has 0 saturated carbocycles. The highest BCUT2D eigenvalue weighted by molar-refractivity contribution is 6.34. The quantitative estimate of drug-likeness (QED) is 0.615. The Bertz CT molecular complexity index is 325. The molecule has 0 nitrogen and oxygen atoms in total. The highest BCUT2D eigenvalue weighted by atomic mass is 35.5. The molecule has 0 aliphatic carbocycles. The molecule has 0 aromatic heterocycles. The molecule has 0 N–H and O–H groups in total. The fourth-order valence-electron chi connectivity index (χ4n) is 0.916. The van der Waals surface area contributed by atoms with E-state index in [2.05, 4.69) is 18.8 Å². The molecule has 0 aliphatic heterocycles. The third-order valence-corrected chi connectivity index (χ3v) is 1.91. The van der Waals surface area contributed by atoms with Crippen molar-refractivity contribution in [2.75, 3.05) is 0 Å². The van der Waals surface area contributed by atoms with Gasteiger partial charge in [0.15, 0.2) is 0 Å². The lowest BCUT2D eigenvalue weighted by molar-refractivity contribution is 0.983. The molecule has 0 heterocycles. The zero-order valence-corrected chi connectivity index (χ0v) is 8.91. The van der Waals surface area contributed by atoms with E-state index in [1.54, 1.807) is 6.07 Å². The first kappa shape index (κ1) is 10.4. The third kappa shape index (κ3) is 3.72. The summed E-state index contributed by atoms with van der Waals surface area (Å²) in [4.78, 5) is 0. The molecule has 1 aromatic rings. The Labute approximate surface area is 88.9 Å². The number of hydrogen-bond donors (Lipinski definition) is 0. The van der Waals surface area contributed by atoms with Gasteiger partial charge in [0, 0.05) is 22.0 Å². The number of unbranched alkanes of at least 4 members (excludes halogenated alkanes) is 1. The highest BCUT2D eigenvalue weighted by Gasteiger charge is 1.93. The molecular weight excluding hydrogens is 203 g/mol. The molecule has 0 saturated heterocycles. The van der Waals surface area contributed by atoms with Gasteiger partial charge in [-0.05, 0) is 24.6 Å². The molecule has 2 heteroatoms. The van der Waals surface area contributed by atoms with Gasteiger partial charge in [-0.2, -0.15) is 0 Å². The van der Waals surface area contributed by atoms with E-state index in [-0.39, 0.29) is 0 Å². The van der Waals surface area contributed by atoms with Crippen LogP contribution in [0.1, 0.15) is 25.3 Å². The number of halogens is 2. The minimum absolute atomic E-state index is 0.633. The van der Waals surface area contributed by atoms with Gasteiger partial charge in [-0.15, -0.1) is 0 Å². The summed E-state index contributed by atoms with van der Waals surface area (Å²) >= 11 is 11.6. The zero-order valence-electron chi connectivity index (χ0n) is 7.40. The first-order valence-corrected chi connectivity index (χ1v) is 4.93. The Morgan fingerprint density at radius 2 is 1.77 bits per heavy atom. The monoisotopic (exact) mass is 212 g/mol. The maximum absolute atomic E-state index is 5.81. The topological polar surface area (TPSA) is 0 Å². The van der Waals surface area contributed by atoms with Crippen LogP contribution in [0.2, 0.25) is 10.0 Å². The maximum Gasteiger partial charge on any atom is 0.0433 e. The van der Waals surface area contributed by atoms with Crippen molar-refractivity contribution in [2.45, 2.75) is 19.8 Å². The van der Waals surface area contributed by atoms with Gasteiger partial charge < -0.3 is 0 Å². The van der Waals surface area contributed by atoms with E-state index >= 15 is 0 Å². The van der Waals surface area contributed by atoms with Gasteiger partial charge in [0.25, 0.3) is 0 Å². The molecule has 13 heavy (non-hydrogen) atoms. The Kier molecular flexibility index (Phi) is 4.15. The molecule has 1 rings (SSSR count). The number of hydrogen-bond acceptors (Lipinski definition) is 0. The Balaban J connectivity index is 2.85. The third-order valence-electron chi connectivity index (χ3n) is 1.47. The van der Waals surface area contributed by atoms with Crippen LogP contribution in [-0.2, 0) is 0 Å². The van der Waals surface area contributed by atoms with Crippen molar-refractivity contribution in [3.05, 3.63) is 33.8 Å². The fraction of sp³-hybridized carbons (Fsp3) is 0.273. The highest BCUT2D eigenvalue weighted by Crippen LogP contribution is 2.18. The molecule has 0 spiro atoms. The smallest absolute Gasteiger partial charge is 0.0433 e. The predicted molar refractivity (Wildman–Crippen MR) is 58.2 cm³/mol. The average molecular weight is 213 g/mol. The van der Waals surface area contributed by atoms with Crippen molar-refractivity contribution in [1.29, 1.82) is 0 Å². The Hall–Kier alpha value is -0.640. The second kappa shape index (κ2) is 5.17. The maximum atomic E-state index is 5.81. The van der Waals surface area contributed by atoms with Crippen molar-refractivity contribution in [3.63, 3.8) is 0 Å². The second-order valence-corrected chi connectivity index (χ2v) is 3.58. The van der Waals surface area contributed by atoms with Crippen molar-refractivity contribution >= 4 is 23.2 Å². The lowest BCUT2D eigenvalue weighted by atomic mass is 10.2. The zero-order chi connectivity index (χ0) is 9.68. The SMILES string of the molecule is CCCC#Cc1cc(Cl)cc(Cl)c1. The van der Waals surface area contributed by atoms with E-state index in [1.165, 1.54) is 0 Å². The summed E-state index contributed by atoms with van der Waals surface area (Å²) in [7, 11) is 0. The summed E-state index contributed by atoms with van der Waals surface area (Å²) in [6, 6.07) is 5.33. The minimum Gasteiger partial charge on any atom is -0.0979 e. The summed E-state index contributed by atoms with van der Waals surface area (Å²) in [5.41, 5.74) is 0.881. The summed E-state index contributed by atoms with van der Waals surface area (Å²) in [6.45, 7) is 2.10. The van der Waals surface area contributed by atoms with Crippen LogP contribution in [0.25, 0.3) is 0 Å². The molecule has 68 valence electrons. The van der Waals surface area contributed by atoms with Crippen LogP contribution in [0.15, 0.2) is 18.2 Å². The van der Waals surface area contributed by atoms with Gasteiger partial charge in [0.05, 0.1) is 0 Å². The molecule has 0 fully saturated rings. The minimum atomic E-state index is 0.633. The van der Waals surface area contributed by atoms with Gasteiger partial charge >= 0.3 is 0 Å². The van der Waals surface area contributed by atoms with Crippen LogP contribution in [-0.4, -0.2) is 0 Å². The molecular formula is C11H10Cl2. The van der Waals surface area contributed by atoms with Crippen LogP contribution < -0.4 is 0 Å². The summed E-state index contributed by atoms with van der Waals surface area (Å²) in [5.74, 6) is 6.05. The largest absolute Gasteiger partial charge is 0.0979 e. The van der Waals surface area contributed by atoms with Gasteiger partial charge in [-0.3, -0.25) is 0 Å². The Morgan fingerprint density at radius 3 is 2.31 bits per heavy atom. The summed E-state index contributed by atoms with van der Waals surface area (Å²) < 4.78 is 0. The van der Waals surface area contributed by atoms with E-state index < -0.39 is 0 Å². The second-order valence-electron chi connectivity index (χ2n) is 2.71. The van der Waals surface area contributed by atoms with Gasteiger partial charge in [-0.25, -0.2) is 0 Å². The van der Waals surface area contributed by atoms with E-state index in [9.17, 15) is 0 Å². The van der Waals surface area contributed by atoms with Crippen LogP contribution >= 0.6 is 23.2 Å². The number of benzene rings is 1. The molecule has 0 unspecified atom stereocenters. The summed E-state index contributed by atoms with van der Waals surface area (Å²) in [5, 5.41) is 1.27. The lowest BCUT2D eigenvalue weighted by Gasteiger charge is -1.94. The van der Waals surface area contributed by atoms with E-state index in [0.717, 1.165) is 18.4 Å². The Morgan fingerprint density at radius 1 is 1.15 bits per heavy atom. The van der Waals surface area contributed by atoms with Crippen LogP contribution in [0.4, 0.5) is 0 Å². The first-order chi connectivity index (χ1) is 6.22. The fourth-order valence-corrected chi connectivity index (χ4v) is 1.44. The van der Waals surface area contributed by atoms with E-state index in [0.29, 0.717) is 10.0 Å². The molecule has 1 aromatic carbocycles. The van der Waals surface area contributed by atoms with Gasteiger partial charge in [0.2, 0.25) is 0 Å². The van der Waals surface area contributed by atoms with Gasteiger partial charge in [-0.1, -0.05) is 42.0 Å². The predicted octanol–water partition coefficient (Wildman–Crippen LogP) is 4.15. The van der Waals surface area contributed by atoms with Crippen molar-refractivity contribution in [2.24, 2.45) is 0 Å². The van der Waals surface area contributed by atoms with Crippen molar-refractivity contribution in [3.8, 4) is 11.8 Å². The van der Waals surface area contributed by atoms with E-state index in [4.69, 9.17) is 23.2 Å². The van der Waals surface area contributed by atoms with Crippen LogP contribution in [0.5, 0.6) is 0 Å². The molecule has 0 atom stereocenters. The molecule has 0 aliphatic rings. The average Bonchev–Trinajstić information content (AvgIpc) is 2.03. The summed E-state index contributed by atoms with van der Waals surface area (Å²) in [6.07, 6.45) is 1.98. The molecule has 0 bridgehead atoms. The molecule has 0 amide bonds. The standard InChI is InChI=1S/C11H10Cl2/c1-2-3-4-5-9-6-10(12)8-11(13)7-9/h6-8H,2-3H2,1H3. The lowest BCUT2D eigenvalue weighted by Crippen LogP contribution is -1.75. The van der Waals surface area contributed by atoms with Crippen molar-refractivity contribution in [1.82, 2.24) is 0 Å². The normalized spacial score (nSPS) is 9.15. The van der Waals surface area contributed by atoms with Gasteiger partial charge in [0.1, 0.15) is 0 Å².